The van der Waals surface area contributed by atoms with E-state index in [2.05, 4.69) is 37.3 Å². The fourth-order valence-corrected chi connectivity index (χ4v) is 3.27. The van der Waals surface area contributed by atoms with Gasteiger partial charge in [-0.05, 0) is 35.7 Å². The van der Waals surface area contributed by atoms with E-state index in [1.807, 2.05) is 18.2 Å². The van der Waals surface area contributed by atoms with Gasteiger partial charge in [-0.1, -0.05) is 44.0 Å². The maximum Gasteiger partial charge on any atom is 0.129 e. The standard InChI is InChI=1S/C14H12Br2F2N2/c15-9-2-4-11(12(16)6-9)14(20-19)5-8-1-3-10(17)7-13(8)18/h1-4,6-7,14,20H,5,19H2. The van der Waals surface area contributed by atoms with Crippen molar-refractivity contribution >= 4 is 31.9 Å². The van der Waals surface area contributed by atoms with Gasteiger partial charge >= 0.3 is 0 Å². The van der Waals surface area contributed by atoms with Crippen LogP contribution in [0.15, 0.2) is 45.3 Å². The number of benzene rings is 2. The summed E-state index contributed by atoms with van der Waals surface area (Å²) < 4.78 is 28.4. The smallest absolute Gasteiger partial charge is 0.129 e. The van der Waals surface area contributed by atoms with Crippen molar-refractivity contribution in [1.29, 1.82) is 0 Å². The van der Waals surface area contributed by atoms with Gasteiger partial charge in [-0.25, -0.2) is 8.78 Å². The summed E-state index contributed by atoms with van der Waals surface area (Å²) in [6, 6.07) is 8.92. The highest BCUT2D eigenvalue weighted by Crippen LogP contribution is 2.29. The Morgan fingerprint density at radius 2 is 1.85 bits per heavy atom. The van der Waals surface area contributed by atoms with Crippen LogP contribution in [-0.4, -0.2) is 0 Å². The highest BCUT2D eigenvalue weighted by atomic mass is 79.9. The first-order valence-electron chi connectivity index (χ1n) is 5.86. The van der Waals surface area contributed by atoms with Crippen LogP contribution >= 0.6 is 31.9 Å². The molecule has 0 fully saturated rings. The van der Waals surface area contributed by atoms with Crippen molar-refractivity contribution in [3.8, 4) is 0 Å². The summed E-state index contributed by atoms with van der Waals surface area (Å²) in [6.07, 6.45) is 0.322. The molecule has 2 rings (SSSR count). The van der Waals surface area contributed by atoms with Crippen molar-refractivity contribution in [1.82, 2.24) is 5.43 Å². The first-order valence-corrected chi connectivity index (χ1v) is 7.45. The van der Waals surface area contributed by atoms with Gasteiger partial charge in [0, 0.05) is 15.0 Å². The maximum absolute atomic E-state index is 13.7. The van der Waals surface area contributed by atoms with Gasteiger partial charge in [0.15, 0.2) is 0 Å². The van der Waals surface area contributed by atoms with Crippen LogP contribution < -0.4 is 11.3 Å². The van der Waals surface area contributed by atoms with Gasteiger partial charge < -0.3 is 0 Å². The molecule has 0 aliphatic heterocycles. The Balaban J connectivity index is 2.28. The lowest BCUT2D eigenvalue weighted by molar-refractivity contribution is 0.520. The highest BCUT2D eigenvalue weighted by Gasteiger charge is 2.16. The van der Waals surface area contributed by atoms with E-state index in [1.165, 1.54) is 12.1 Å². The maximum atomic E-state index is 13.7. The van der Waals surface area contributed by atoms with E-state index in [1.54, 1.807) is 0 Å². The molecule has 106 valence electrons. The Labute approximate surface area is 132 Å². The van der Waals surface area contributed by atoms with Gasteiger partial charge in [0.25, 0.3) is 0 Å². The summed E-state index contributed by atoms with van der Waals surface area (Å²) in [4.78, 5) is 0. The molecule has 0 aliphatic carbocycles. The van der Waals surface area contributed by atoms with Crippen molar-refractivity contribution in [2.45, 2.75) is 12.5 Å². The molecule has 0 radical (unpaired) electrons. The molecular formula is C14H12Br2F2N2. The van der Waals surface area contributed by atoms with Crippen LogP contribution in [0, 0.1) is 11.6 Å². The number of nitrogens with one attached hydrogen (secondary N) is 1. The van der Waals surface area contributed by atoms with E-state index in [0.717, 1.165) is 20.6 Å². The molecule has 3 N–H and O–H groups in total. The summed E-state index contributed by atoms with van der Waals surface area (Å²) >= 11 is 6.82. The van der Waals surface area contributed by atoms with Crippen LogP contribution in [-0.2, 0) is 6.42 Å². The van der Waals surface area contributed by atoms with E-state index >= 15 is 0 Å². The largest absolute Gasteiger partial charge is 0.271 e. The van der Waals surface area contributed by atoms with Crippen LogP contribution in [0.3, 0.4) is 0 Å². The van der Waals surface area contributed by atoms with Crippen molar-refractivity contribution in [2.75, 3.05) is 0 Å². The minimum atomic E-state index is -0.590. The SMILES string of the molecule is NNC(Cc1ccc(F)cc1F)c1ccc(Br)cc1Br. The Hall–Kier alpha value is -0.820. The number of hydrogen-bond donors (Lipinski definition) is 2. The topological polar surface area (TPSA) is 38.0 Å². The third-order valence-electron chi connectivity index (χ3n) is 2.98. The second-order valence-corrected chi connectivity index (χ2v) is 6.09. The lowest BCUT2D eigenvalue weighted by Gasteiger charge is -2.18. The molecule has 0 aliphatic rings. The average molecular weight is 406 g/mol. The molecule has 0 spiro atoms. The summed E-state index contributed by atoms with van der Waals surface area (Å²) in [5.41, 5.74) is 3.97. The van der Waals surface area contributed by atoms with Gasteiger partial charge in [0.2, 0.25) is 0 Å². The molecule has 0 saturated carbocycles. The van der Waals surface area contributed by atoms with Gasteiger partial charge in [0.05, 0.1) is 6.04 Å². The predicted octanol–water partition coefficient (Wildman–Crippen LogP) is 4.24. The zero-order valence-electron chi connectivity index (χ0n) is 10.3. The van der Waals surface area contributed by atoms with Crippen LogP contribution in [0.2, 0.25) is 0 Å². The molecule has 0 heterocycles. The zero-order chi connectivity index (χ0) is 14.7. The third kappa shape index (κ3) is 3.63. The van der Waals surface area contributed by atoms with Crippen LogP contribution in [0.4, 0.5) is 8.78 Å². The number of hydrogen-bond acceptors (Lipinski definition) is 2. The summed E-state index contributed by atoms with van der Waals surface area (Å²) in [5.74, 6) is 4.40. The van der Waals surface area contributed by atoms with Crippen LogP contribution in [0.1, 0.15) is 17.2 Å². The Morgan fingerprint density at radius 3 is 2.45 bits per heavy atom. The molecule has 1 unspecified atom stereocenters. The zero-order valence-corrected chi connectivity index (χ0v) is 13.5. The monoisotopic (exact) mass is 404 g/mol. The molecule has 20 heavy (non-hydrogen) atoms. The second kappa shape index (κ2) is 6.76. The quantitative estimate of drug-likeness (QED) is 0.589. The van der Waals surface area contributed by atoms with Crippen LogP contribution in [0.5, 0.6) is 0 Å². The molecule has 0 aromatic heterocycles. The molecule has 0 amide bonds. The fourth-order valence-electron chi connectivity index (χ4n) is 1.95. The molecule has 2 nitrogen and oxygen atoms in total. The van der Waals surface area contributed by atoms with E-state index in [9.17, 15) is 8.78 Å². The first-order chi connectivity index (χ1) is 9.51. The highest BCUT2D eigenvalue weighted by molar-refractivity contribution is 9.11. The predicted molar refractivity (Wildman–Crippen MR) is 82.0 cm³/mol. The number of hydrazine groups is 1. The van der Waals surface area contributed by atoms with Crippen molar-refractivity contribution in [3.05, 3.63) is 68.1 Å². The van der Waals surface area contributed by atoms with Crippen molar-refractivity contribution in [2.24, 2.45) is 5.84 Å². The minimum Gasteiger partial charge on any atom is -0.271 e. The molecule has 1 atom stereocenters. The summed E-state index contributed by atoms with van der Waals surface area (Å²) in [5, 5.41) is 0. The third-order valence-corrected chi connectivity index (χ3v) is 4.16. The van der Waals surface area contributed by atoms with Gasteiger partial charge in [-0.3, -0.25) is 11.3 Å². The minimum absolute atomic E-state index is 0.280. The molecule has 6 heteroatoms. The molecule has 2 aromatic carbocycles. The molecular weight excluding hydrogens is 394 g/mol. The normalized spacial score (nSPS) is 12.4. The fraction of sp³-hybridized carbons (Fsp3) is 0.143. The van der Waals surface area contributed by atoms with Crippen molar-refractivity contribution in [3.63, 3.8) is 0 Å². The van der Waals surface area contributed by atoms with Gasteiger partial charge in [-0.15, -0.1) is 0 Å². The summed E-state index contributed by atoms with van der Waals surface area (Å²) in [7, 11) is 0. The first kappa shape index (κ1) is 15.6. The van der Waals surface area contributed by atoms with Gasteiger partial charge in [0.1, 0.15) is 11.6 Å². The van der Waals surface area contributed by atoms with E-state index in [4.69, 9.17) is 5.84 Å². The second-order valence-electron chi connectivity index (χ2n) is 4.32. The van der Waals surface area contributed by atoms with E-state index in [0.29, 0.717) is 12.0 Å². The summed E-state index contributed by atoms with van der Waals surface area (Å²) in [6.45, 7) is 0. The van der Waals surface area contributed by atoms with Crippen molar-refractivity contribution < 1.29 is 8.78 Å². The van der Waals surface area contributed by atoms with E-state index < -0.39 is 11.6 Å². The lowest BCUT2D eigenvalue weighted by Crippen LogP contribution is -2.30. The Kier molecular flexibility index (Phi) is 5.26. The number of nitrogens with two attached hydrogens (primary N) is 1. The molecule has 0 saturated heterocycles. The van der Waals surface area contributed by atoms with E-state index in [-0.39, 0.29) is 6.04 Å². The lowest BCUT2D eigenvalue weighted by atomic mass is 9.99. The molecule has 2 aromatic rings. The number of rotatable bonds is 4. The molecule has 0 bridgehead atoms. The Bertz CT molecular complexity index is 620. The number of halogens is 4. The Morgan fingerprint density at radius 1 is 1.10 bits per heavy atom. The van der Waals surface area contributed by atoms with Gasteiger partial charge in [-0.2, -0.15) is 0 Å². The van der Waals surface area contributed by atoms with Crippen LogP contribution in [0.25, 0.3) is 0 Å². The average Bonchev–Trinajstić information content (AvgIpc) is 2.39.